The Morgan fingerprint density at radius 2 is 2.05 bits per heavy atom. The lowest BCUT2D eigenvalue weighted by molar-refractivity contribution is 0.538. The summed E-state index contributed by atoms with van der Waals surface area (Å²) < 4.78 is 5.85. The molecule has 4 nitrogen and oxygen atoms in total. The first-order valence-corrected chi connectivity index (χ1v) is 6.56. The van der Waals surface area contributed by atoms with Gasteiger partial charge in [0.1, 0.15) is 17.9 Å². The van der Waals surface area contributed by atoms with Gasteiger partial charge in [-0.25, -0.2) is 4.99 Å². The average Bonchev–Trinajstić information content (AvgIpc) is 2.72. The number of guanidine groups is 1. The number of para-hydroxylation sites is 1. The monoisotopic (exact) mass is 259 g/mol. The van der Waals surface area contributed by atoms with Gasteiger partial charge in [-0.3, -0.25) is 0 Å². The SMILES string of the molecule is CCNC(=NCc1oc2ccccc2c1C)N(C)C. The second-order valence-electron chi connectivity index (χ2n) is 4.71. The van der Waals surface area contributed by atoms with Crippen LogP contribution < -0.4 is 5.32 Å². The van der Waals surface area contributed by atoms with Gasteiger partial charge in [-0.1, -0.05) is 18.2 Å². The Hall–Kier alpha value is -1.97. The number of benzene rings is 1. The van der Waals surface area contributed by atoms with E-state index in [4.69, 9.17) is 4.42 Å². The van der Waals surface area contributed by atoms with Gasteiger partial charge in [0.05, 0.1) is 0 Å². The minimum absolute atomic E-state index is 0.557. The van der Waals surface area contributed by atoms with Crippen LogP contribution in [0.5, 0.6) is 0 Å². The number of nitrogens with one attached hydrogen (secondary N) is 1. The van der Waals surface area contributed by atoms with Crippen molar-refractivity contribution < 1.29 is 4.42 Å². The molecule has 0 unspecified atom stereocenters. The highest BCUT2D eigenvalue weighted by molar-refractivity contribution is 5.82. The summed E-state index contributed by atoms with van der Waals surface area (Å²) in [5.41, 5.74) is 2.11. The Kier molecular flexibility index (Phi) is 4.10. The third-order valence-corrected chi connectivity index (χ3v) is 3.07. The van der Waals surface area contributed by atoms with E-state index in [2.05, 4.69) is 30.2 Å². The molecular formula is C15H21N3O. The number of fused-ring (bicyclic) bond motifs is 1. The van der Waals surface area contributed by atoms with Crippen LogP contribution in [0.3, 0.4) is 0 Å². The predicted octanol–water partition coefficient (Wildman–Crippen LogP) is 2.77. The number of nitrogens with zero attached hydrogens (tertiary/aromatic N) is 2. The highest BCUT2D eigenvalue weighted by Crippen LogP contribution is 2.25. The molecule has 0 aliphatic heterocycles. The smallest absolute Gasteiger partial charge is 0.193 e. The molecule has 1 aromatic heterocycles. The number of aryl methyl sites for hydroxylation is 1. The van der Waals surface area contributed by atoms with E-state index in [0.29, 0.717) is 6.54 Å². The molecule has 1 heterocycles. The van der Waals surface area contributed by atoms with Crippen molar-refractivity contribution in [2.24, 2.45) is 4.99 Å². The number of hydrogen-bond acceptors (Lipinski definition) is 2. The first-order chi connectivity index (χ1) is 9.13. The molecule has 0 saturated carbocycles. The van der Waals surface area contributed by atoms with Gasteiger partial charge in [0.15, 0.2) is 5.96 Å². The molecule has 1 aromatic carbocycles. The van der Waals surface area contributed by atoms with E-state index in [0.717, 1.165) is 23.8 Å². The Bertz CT molecular complexity index is 584. The van der Waals surface area contributed by atoms with Crippen molar-refractivity contribution in [1.29, 1.82) is 0 Å². The topological polar surface area (TPSA) is 40.8 Å². The van der Waals surface area contributed by atoms with Crippen LogP contribution in [0.1, 0.15) is 18.2 Å². The zero-order chi connectivity index (χ0) is 13.8. The van der Waals surface area contributed by atoms with Gasteiger partial charge < -0.3 is 14.6 Å². The van der Waals surface area contributed by atoms with Gasteiger partial charge in [-0.2, -0.15) is 0 Å². The van der Waals surface area contributed by atoms with Crippen molar-refractivity contribution >= 4 is 16.9 Å². The van der Waals surface area contributed by atoms with Gasteiger partial charge in [-0.05, 0) is 19.9 Å². The Morgan fingerprint density at radius 1 is 1.32 bits per heavy atom. The standard InChI is InChI=1S/C15H21N3O/c1-5-16-15(18(3)4)17-10-14-11(2)12-8-6-7-9-13(12)19-14/h6-9H,5,10H2,1-4H3,(H,16,17). The summed E-state index contributed by atoms with van der Waals surface area (Å²) in [5.74, 6) is 1.81. The molecule has 0 saturated heterocycles. The van der Waals surface area contributed by atoms with E-state index >= 15 is 0 Å². The quantitative estimate of drug-likeness (QED) is 0.680. The van der Waals surface area contributed by atoms with E-state index < -0.39 is 0 Å². The minimum atomic E-state index is 0.557. The van der Waals surface area contributed by atoms with Crippen molar-refractivity contribution in [2.45, 2.75) is 20.4 Å². The van der Waals surface area contributed by atoms with Gasteiger partial charge in [0, 0.05) is 31.6 Å². The van der Waals surface area contributed by atoms with E-state index in [1.807, 2.05) is 37.2 Å². The van der Waals surface area contributed by atoms with Crippen LogP contribution in [-0.2, 0) is 6.54 Å². The number of aliphatic imine (C=N–C) groups is 1. The van der Waals surface area contributed by atoms with Gasteiger partial charge in [0.2, 0.25) is 0 Å². The second-order valence-corrected chi connectivity index (χ2v) is 4.71. The fourth-order valence-corrected chi connectivity index (χ4v) is 2.04. The zero-order valence-corrected chi connectivity index (χ0v) is 12.0. The zero-order valence-electron chi connectivity index (χ0n) is 12.0. The van der Waals surface area contributed by atoms with Gasteiger partial charge in [-0.15, -0.1) is 0 Å². The second kappa shape index (κ2) is 5.78. The van der Waals surface area contributed by atoms with Crippen LogP contribution in [0.4, 0.5) is 0 Å². The molecule has 0 spiro atoms. The molecule has 0 bridgehead atoms. The summed E-state index contributed by atoms with van der Waals surface area (Å²) in [5, 5.41) is 4.41. The van der Waals surface area contributed by atoms with Crippen LogP contribution in [0.2, 0.25) is 0 Å². The predicted molar refractivity (Wildman–Crippen MR) is 79.5 cm³/mol. The lowest BCUT2D eigenvalue weighted by Crippen LogP contribution is -2.36. The van der Waals surface area contributed by atoms with Crippen molar-refractivity contribution in [1.82, 2.24) is 10.2 Å². The third-order valence-electron chi connectivity index (χ3n) is 3.07. The molecule has 0 aliphatic rings. The van der Waals surface area contributed by atoms with Crippen molar-refractivity contribution in [3.8, 4) is 0 Å². The van der Waals surface area contributed by atoms with E-state index in [9.17, 15) is 0 Å². The molecule has 4 heteroatoms. The maximum absolute atomic E-state index is 5.85. The summed E-state index contributed by atoms with van der Waals surface area (Å²) in [6.45, 7) is 5.56. The molecule has 0 aliphatic carbocycles. The first kappa shape index (κ1) is 13.5. The number of rotatable bonds is 3. The van der Waals surface area contributed by atoms with Crippen LogP contribution in [0.15, 0.2) is 33.7 Å². The molecule has 1 N–H and O–H groups in total. The molecule has 19 heavy (non-hydrogen) atoms. The number of furan rings is 1. The summed E-state index contributed by atoms with van der Waals surface area (Å²) in [6.07, 6.45) is 0. The average molecular weight is 259 g/mol. The van der Waals surface area contributed by atoms with Crippen LogP contribution in [0.25, 0.3) is 11.0 Å². The van der Waals surface area contributed by atoms with E-state index in [1.54, 1.807) is 0 Å². The maximum Gasteiger partial charge on any atom is 0.193 e. The third kappa shape index (κ3) is 2.89. The molecule has 2 rings (SSSR count). The summed E-state index contributed by atoms with van der Waals surface area (Å²) in [6, 6.07) is 8.09. The van der Waals surface area contributed by atoms with Gasteiger partial charge >= 0.3 is 0 Å². The molecule has 0 amide bonds. The molecule has 0 radical (unpaired) electrons. The molecule has 2 aromatic rings. The lowest BCUT2D eigenvalue weighted by atomic mass is 10.1. The van der Waals surface area contributed by atoms with Crippen molar-refractivity contribution in [3.05, 3.63) is 35.6 Å². The fourth-order valence-electron chi connectivity index (χ4n) is 2.04. The lowest BCUT2D eigenvalue weighted by Gasteiger charge is -2.16. The minimum Gasteiger partial charge on any atom is -0.459 e. The van der Waals surface area contributed by atoms with E-state index in [-0.39, 0.29) is 0 Å². The highest BCUT2D eigenvalue weighted by Gasteiger charge is 2.09. The summed E-state index contributed by atoms with van der Waals surface area (Å²) in [7, 11) is 3.96. The molecular weight excluding hydrogens is 238 g/mol. The van der Waals surface area contributed by atoms with Crippen LogP contribution >= 0.6 is 0 Å². The van der Waals surface area contributed by atoms with Crippen LogP contribution in [-0.4, -0.2) is 31.5 Å². The summed E-state index contributed by atoms with van der Waals surface area (Å²) in [4.78, 5) is 6.55. The maximum atomic E-state index is 5.85. The highest BCUT2D eigenvalue weighted by atomic mass is 16.3. The molecule has 0 atom stereocenters. The Balaban J connectivity index is 2.25. The normalized spacial score (nSPS) is 11.9. The van der Waals surface area contributed by atoms with Crippen molar-refractivity contribution in [2.75, 3.05) is 20.6 Å². The largest absolute Gasteiger partial charge is 0.459 e. The van der Waals surface area contributed by atoms with Gasteiger partial charge in [0.25, 0.3) is 0 Å². The Morgan fingerprint density at radius 3 is 2.68 bits per heavy atom. The number of hydrogen-bond donors (Lipinski definition) is 1. The van der Waals surface area contributed by atoms with Crippen LogP contribution in [0, 0.1) is 6.92 Å². The summed E-state index contributed by atoms with van der Waals surface area (Å²) >= 11 is 0. The molecule has 0 fully saturated rings. The first-order valence-electron chi connectivity index (χ1n) is 6.56. The Labute approximate surface area is 114 Å². The van der Waals surface area contributed by atoms with Crippen molar-refractivity contribution in [3.63, 3.8) is 0 Å². The fraction of sp³-hybridized carbons (Fsp3) is 0.400. The van der Waals surface area contributed by atoms with E-state index in [1.165, 1.54) is 10.9 Å². The molecule has 102 valence electrons.